The summed E-state index contributed by atoms with van der Waals surface area (Å²) in [6, 6.07) is 17.1. The Morgan fingerprint density at radius 1 is 1.00 bits per heavy atom. The smallest absolute Gasteiger partial charge is 0.242 e. The fraction of sp³-hybridized carbons (Fsp3) is 0.222. The van der Waals surface area contributed by atoms with Gasteiger partial charge in [-0.05, 0) is 29.8 Å². The summed E-state index contributed by atoms with van der Waals surface area (Å²) in [6.07, 6.45) is 0. The SMILES string of the molecule is CC(=O)N(CC(=O)N(C)Cc1ccccc1)c1ccc(Br)cc1. The molecular formula is C18H19BrN2O2. The van der Waals surface area contributed by atoms with Crippen LogP contribution in [-0.4, -0.2) is 30.3 Å². The lowest BCUT2D eigenvalue weighted by Crippen LogP contribution is -2.40. The summed E-state index contributed by atoms with van der Waals surface area (Å²) in [7, 11) is 1.75. The molecular weight excluding hydrogens is 356 g/mol. The van der Waals surface area contributed by atoms with E-state index in [4.69, 9.17) is 0 Å². The van der Waals surface area contributed by atoms with Gasteiger partial charge in [0.1, 0.15) is 6.54 Å². The topological polar surface area (TPSA) is 40.6 Å². The Morgan fingerprint density at radius 3 is 2.17 bits per heavy atom. The predicted octanol–water partition coefficient (Wildman–Crippen LogP) is 3.46. The molecule has 0 saturated heterocycles. The molecule has 5 heteroatoms. The van der Waals surface area contributed by atoms with Gasteiger partial charge in [-0.15, -0.1) is 0 Å². The van der Waals surface area contributed by atoms with Crippen LogP contribution < -0.4 is 4.90 Å². The number of rotatable bonds is 5. The Hall–Kier alpha value is -2.14. The first-order valence-electron chi connectivity index (χ1n) is 7.29. The highest BCUT2D eigenvalue weighted by atomic mass is 79.9. The molecule has 0 radical (unpaired) electrons. The molecule has 0 heterocycles. The lowest BCUT2D eigenvalue weighted by atomic mass is 10.2. The van der Waals surface area contributed by atoms with E-state index in [0.29, 0.717) is 12.2 Å². The van der Waals surface area contributed by atoms with Gasteiger partial charge in [-0.1, -0.05) is 46.3 Å². The van der Waals surface area contributed by atoms with Gasteiger partial charge in [-0.2, -0.15) is 0 Å². The van der Waals surface area contributed by atoms with Gasteiger partial charge in [0.25, 0.3) is 0 Å². The number of nitrogens with zero attached hydrogens (tertiary/aromatic N) is 2. The van der Waals surface area contributed by atoms with Crippen LogP contribution in [0.15, 0.2) is 59.1 Å². The van der Waals surface area contributed by atoms with Crippen molar-refractivity contribution in [1.29, 1.82) is 0 Å². The van der Waals surface area contributed by atoms with Gasteiger partial charge in [0.2, 0.25) is 11.8 Å². The monoisotopic (exact) mass is 374 g/mol. The number of carbonyl (C=O) groups is 2. The van der Waals surface area contributed by atoms with Crippen molar-refractivity contribution in [3.8, 4) is 0 Å². The van der Waals surface area contributed by atoms with E-state index in [9.17, 15) is 9.59 Å². The largest absolute Gasteiger partial charge is 0.340 e. The number of carbonyl (C=O) groups excluding carboxylic acids is 2. The minimum absolute atomic E-state index is 0.0281. The standard InChI is InChI=1S/C18H19BrN2O2/c1-14(22)21(17-10-8-16(19)9-11-17)13-18(23)20(2)12-15-6-4-3-5-7-15/h3-11H,12-13H2,1-2H3. The molecule has 2 aromatic rings. The van der Waals surface area contributed by atoms with Crippen molar-refractivity contribution in [3.05, 3.63) is 64.6 Å². The lowest BCUT2D eigenvalue weighted by molar-refractivity contribution is -0.130. The van der Waals surface area contributed by atoms with Crippen LogP contribution in [0.3, 0.4) is 0 Å². The Balaban J connectivity index is 2.06. The maximum Gasteiger partial charge on any atom is 0.242 e. The first-order valence-corrected chi connectivity index (χ1v) is 8.08. The van der Waals surface area contributed by atoms with E-state index >= 15 is 0 Å². The number of likely N-dealkylation sites (N-methyl/N-ethyl adjacent to an activating group) is 1. The average molecular weight is 375 g/mol. The molecule has 0 saturated carbocycles. The molecule has 0 fully saturated rings. The molecule has 2 aromatic carbocycles. The highest BCUT2D eigenvalue weighted by molar-refractivity contribution is 9.10. The molecule has 2 amide bonds. The normalized spacial score (nSPS) is 10.2. The maximum absolute atomic E-state index is 12.4. The molecule has 0 atom stereocenters. The van der Waals surface area contributed by atoms with Gasteiger partial charge in [0.15, 0.2) is 0 Å². The molecule has 0 spiro atoms. The Morgan fingerprint density at radius 2 is 1.61 bits per heavy atom. The van der Waals surface area contributed by atoms with E-state index in [1.807, 2.05) is 54.6 Å². The molecule has 0 aliphatic heterocycles. The van der Waals surface area contributed by atoms with Crippen LogP contribution in [0.5, 0.6) is 0 Å². The fourth-order valence-corrected chi connectivity index (χ4v) is 2.47. The molecule has 0 unspecified atom stereocenters. The summed E-state index contributed by atoms with van der Waals surface area (Å²) in [5, 5.41) is 0. The summed E-state index contributed by atoms with van der Waals surface area (Å²) < 4.78 is 0.928. The van der Waals surface area contributed by atoms with Crippen molar-refractivity contribution < 1.29 is 9.59 Å². The Labute approximate surface area is 144 Å². The molecule has 120 valence electrons. The number of halogens is 1. The third kappa shape index (κ3) is 4.93. The molecule has 0 aromatic heterocycles. The van der Waals surface area contributed by atoms with Crippen molar-refractivity contribution in [2.24, 2.45) is 0 Å². The van der Waals surface area contributed by atoms with E-state index in [-0.39, 0.29) is 18.4 Å². The van der Waals surface area contributed by atoms with E-state index < -0.39 is 0 Å². The summed E-state index contributed by atoms with van der Waals surface area (Å²) in [6.45, 7) is 2.01. The third-order valence-corrected chi connectivity index (χ3v) is 4.03. The zero-order chi connectivity index (χ0) is 16.8. The van der Waals surface area contributed by atoms with Gasteiger partial charge in [-0.3, -0.25) is 9.59 Å². The molecule has 0 bridgehead atoms. The van der Waals surface area contributed by atoms with Crippen LogP contribution in [-0.2, 0) is 16.1 Å². The van der Waals surface area contributed by atoms with Gasteiger partial charge < -0.3 is 9.80 Å². The van der Waals surface area contributed by atoms with E-state index in [2.05, 4.69) is 15.9 Å². The number of anilines is 1. The first kappa shape index (κ1) is 17.2. The second-order valence-electron chi connectivity index (χ2n) is 5.32. The van der Waals surface area contributed by atoms with Gasteiger partial charge in [0, 0.05) is 30.7 Å². The van der Waals surface area contributed by atoms with Crippen LogP contribution in [0.25, 0.3) is 0 Å². The first-order chi connectivity index (χ1) is 11.0. The average Bonchev–Trinajstić information content (AvgIpc) is 2.54. The zero-order valence-corrected chi connectivity index (χ0v) is 14.8. The van der Waals surface area contributed by atoms with E-state index in [1.54, 1.807) is 11.9 Å². The number of benzene rings is 2. The van der Waals surface area contributed by atoms with Crippen molar-refractivity contribution >= 4 is 33.4 Å². The van der Waals surface area contributed by atoms with Crippen LogP contribution >= 0.6 is 15.9 Å². The summed E-state index contributed by atoms with van der Waals surface area (Å²) in [5.74, 6) is -0.263. The van der Waals surface area contributed by atoms with Crippen LogP contribution in [0.1, 0.15) is 12.5 Å². The van der Waals surface area contributed by atoms with Crippen molar-refractivity contribution in [2.75, 3.05) is 18.5 Å². The minimum Gasteiger partial charge on any atom is -0.340 e. The lowest BCUT2D eigenvalue weighted by Gasteiger charge is -2.24. The van der Waals surface area contributed by atoms with Crippen LogP contribution in [0.2, 0.25) is 0 Å². The highest BCUT2D eigenvalue weighted by Crippen LogP contribution is 2.19. The quantitative estimate of drug-likeness (QED) is 0.803. The Kier molecular flexibility index (Phi) is 5.93. The number of hydrogen-bond acceptors (Lipinski definition) is 2. The predicted molar refractivity (Wildman–Crippen MR) is 95.1 cm³/mol. The van der Waals surface area contributed by atoms with Crippen molar-refractivity contribution in [2.45, 2.75) is 13.5 Å². The Bertz CT molecular complexity index is 671. The second kappa shape index (κ2) is 7.92. The summed E-state index contributed by atoms with van der Waals surface area (Å²) in [5.41, 5.74) is 1.77. The van der Waals surface area contributed by atoms with Crippen molar-refractivity contribution in [1.82, 2.24) is 4.90 Å². The second-order valence-corrected chi connectivity index (χ2v) is 6.23. The number of hydrogen-bond donors (Lipinski definition) is 0. The maximum atomic E-state index is 12.4. The van der Waals surface area contributed by atoms with E-state index in [0.717, 1.165) is 10.0 Å². The summed E-state index contributed by atoms with van der Waals surface area (Å²) in [4.78, 5) is 27.4. The summed E-state index contributed by atoms with van der Waals surface area (Å²) >= 11 is 3.36. The minimum atomic E-state index is -0.159. The zero-order valence-electron chi connectivity index (χ0n) is 13.2. The third-order valence-electron chi connectivity index (χ3n) is 3.50. The number of amides is 2. The molecule has 23 heavy (non-hydrogen) atoms. The van der Waals surface area contributed by atoms with Crippen LogP contribution in [0, 0.1) is 0 Å². The fourth-order valence-electron chi connectivity index (χ4n) is 2.21. The van der Waals surface area contributed by atoms with Crippen molar-refractivity contribution in [3.63, 3.8) is 0 Å². The molecule has 0 aliphatic carbocycles. The molecule has 4 nitrogen and oxygen atoms in total. The molecule has 0 aliphatic rings. The van der Waals surface area contributed by atoms with Gasteiger partial charge in [-0.25, -0.2) is 0 Å². The molecule has 0 N–H and O–H groups in total. The van der Waals surface area contributed by atoms with Gasteiger partial charge in [0.05, 0.1) is 0 Å². The van der Waals surface area contributed by atoms with Crippen LogP contribution in [0.4, 0.5) is 5.69 Å². The molecule has 2 rings (SSSR count). The highest BCUT2D eigenvalue weighted by Gasteiger charge is 2.18. The van der Waals surface area contributed by atoms with E-state index in [1.165, 1.54) is 11.8 Å². The van der Waals surface area contributed by atoms with Gasteiger partial charge >= 0.3 is 0 Å².